The highest BCUT2D eigenvalue weighted by Crippen LogP contribution is 2.27. The second-order valence-electron chi connectivity index (χ2n) is 4.87. The Kier molecular flexibility index (Phi) is 4.31. The average molecular weight is 343 g/mol. The fourth-order valence-electron chi connectivity index (χ4n) is 2.08. The number of oxazole rings is 1. The van der Waals surface area contributed by atoms with Crippen LogP contribution in [-0.2, 0) is 9.59 Å². The maximum atomic E-state index is 11.6. The van der Waals surface area contributed by atoms with Gasteiger partial charge in [-0.3, -0.25) is 4.79 Å². The maximum absolute atomic E-state index is 11.6. The summed E-state index contributed by atoms with van der Waals surface area (Å²) in [6, 6.07) is 12.1. The molecule has 0 aliphatic rings. The highest BCUT2D eigenvalue weighted by atomic mass is 35.5. The third-order valence-electron chi connectivity index (χ3n) is 3.10. The molecule has 24 heavy (non-hydrogen) atoms. The van der Waals surface area contributed by atoms with E-state index in [9.17, 15) is 9.59 Å². The van der Waals surface area contributed by atoms with Crippen molar-refractivity contribution in [3.05, 3.63) is 59.6 Å². The molecule has 0 atom stereocenters. The number of aliphatic carboxylic acids is 1. The SMILES string of the molecule is O=C(O)/C=C/C(=O)Nc1ccc2oc(-c3cccc(Cl)c3)nc2c1. The van der Waals surface area contributed by atoms with E-state index in [1.807, 2.05) is 6.07 Å². The molecular formula is C17H11ClN2O4. The number of carboxylic acids is 1. The smallest absolute Gasteiger partial charge is 0.328 e. The van der Waals surface area contributed by atoms with E-state index in [1.54, 1.807) is 36.4 Å². The second-order valence-corrected chi connectivity index (χ2v) is 5.31. The summed E-state index contributed by atoms with van der Waals surface area (Å²) in [6.07, 6.45) is 1.70. The standard InChI is InChI=1S/C17H11ClN2O4/c18-11-3-1-2-10(8-11)17-20-13-9-12(4-5-14(13)24-17)19-15(21)6-7-16(22)23/h1-9H,(H,19,21)(H,22,23)/b7-6+. The van der Waals surface area contributed by atoms with E-state index in [2.05, 4.69) is 10.3 Å². The molecular weight excluding hydrogens is 332 g/mol. The molecule has 0 saturated carbocycles. The molecule has 0 aliphatic heterocycles. The largest absolute Gasteiger partial charge is 0.478 e. The van der Waals surface area contributed by atoms with Crippen LogP contribution in [0.5, 0.6) is 0 Å². The number of benzene rings is 2. The van der Waals surface area contributed by atoms with Crippen LogP contribution < -0.4 is 5.32 Å². The molecule has 6 nitrogen and oxygen atoms in total. The number of rotatable bonds is 4. The Labute approximate surface area is 141 Å². The number of anilines is 1. The molecule has 7 heteroatoms. The Morgan fingerprint density at radius 2 is 2.00 bits per heavy atom. The summed E-state index contributed by atoms with van der Waals surface area (Å²) in [5.41, 5.74) is 2.34. The summed E-state index contributed by atoms with van der Waals surface area (Å²) in [5, 5.41) is 11.6. The van der Waals surface area contributed by atoms with Gasteiger partial charge in [0.15, 0.2) is 5.58 Å². The molecule has 0 spiro atoms. The van der Waals surface area contributed by atoms with Gasteiger partial charge in [-0.25, -0.2) is 9.78 Å². The van der Waals surface area contributed by atoms with Gasteiger partial charge in [0.05, 0.1) is 0 Å². The van der Waals surface area contributed by atoms with Crippen molar-refractivity contribution >= 4 is 40.3 Å². The lowest BCUT2D eigenvalue weighted by molar-refractivity contribution is -0.131. The van der Waals surface area contributed by atoms with Crippen molar-refractivity contribution in [3.63, 3.8) is 0 Å². The molecule has 0 unspecified atom stereocenters. The summed E-state index contributed by atoms with van der Waals surface area (Å²) in [4.78, 5) is 26.4. The minimum Gasteiger partial charge on any atom is -0.478 e. The molecule has 1 amide bonds. The van der Waals surface area contributed by atoms with Gasteiger partial charge in [0.2, 0.25) is 11.8 Å². The van der Waals surface area contributed by atoms with E-state index < -0.39 is 11.9 Å². The Bertz CT molecular complexity index is 962. The van der Waals surface area contributed by atoms with Gasteiger partial charge in [-0.15, -0.1) is 0 Å². The number of hydrogen-bond acceptors (Lipinski definition) is 4. The number of amides is 1. The first kappa shape index (κ1) is 15.8. The van der Waals surface area contributed by atoms with Crippen molar-refractivity contribution in [3.8, 4) is 11.5 Å². The van der Waals surface area contributed by atoms with Crippen LogP contribution in [0.4, 0.5) is 5.69 Å². The van der Waals surface area contributed by atoms with Crippen molar-refractivity contribution in [1.82, 2.24) is 4.98 Å². The zero-order valence-electron chi connectivity index (χ0n) is 12.2. The van der Waals surface area contributed by atoms with Gasteiger partial charge in [0.1, 0.15) is 5.52 Å². The second kappa shape index (κ2) is 6.55. The molecule has 0 bridgehead atoms. The van der Waals surface area contributed by atoms with Crippen LogP contribution in [0.25, 0.3) is 22.6 Å². The van der Waals surface area contributed by atoms with Gasteiger partial charge < -0.3 is 14.8 Å². The number of carboxylic acid groups (broad SMARTS) is 1. The topological polar surface area (TPSA) is 92.4 Å². The molecule has 1 aromatic heterocycles. The number of nitrogens with one attached hydrogen (secondary N) is 1. The number of fused-ring (bicyclic) bond motifs is 1. The Balaban J connectivity index is 1.86. The predicted molar refractivity (Wildman–Crippen MR) is 89.9 cm³/mol. The zero-order chi connectivity index (χ0) is 17.1. The van der Waals surface area contributed by atoms with Crippen molar-refractivity contribution < 1.29 is 19.1 Å². The molecule has 0 radical (unpaired) electrons. The van der Waals surface area contributed by atoms with E-state index >= 15 is 0 Å². The highest BCUT2D eigenvalue weighted by molar-refractivity contribution is 6.30. The summed E-state index contributed by atoms with van der Waals surface area (Å²) >= 11 is 5.96. The molecule has 0 aliphatic carbocycles. The number of aromatic nitrogens is 1. The molecule has 3 aromatic rings. The lowest BCUT2D eigenvalue weighted by Gasteiger charge is -2.00. The summed E-state index contributed by atoms with van der Waals surface area (Å²) < 4.78 is 5.67. The molecule has 1 heterocycles. The molecule has 2 N–H and O–H groups in total. The van der Waals surface area contributed by atoms with Crippen LogP contribution in [-0.4, -0.2) is 22.0 Å². The molecule has 0 saturated heterocycles. The van der Waals surface area contributed by atoms with E-state index in [1.165, 1.54) is 0 Å². The van der Waals surface area contributed by atoms with Crippen molar-refractivity contribution in [2.45, 2.75) is 0 Å². The van der Waals surface area contributed by atoms with Crippen molar-refractivity contribution in [2.75, 3.05) is 5.32 Å². The third-order valence-corrected chi connectivity index (χ3v) is 3.34. The van der Waals surface area contributed by atoms with Crippen LogP contribution in [0.3, 0.4) is 0 Å². The summed E-state index contributed by atoms with van der Waals surface area (Å²) in [6.45, 7) is 0. The van der Waals surface area contributed by atoms with Crippen LogP contribution in [0, 0.1) is 0 Å². The lowest BCUT2D eigenvalue weighted by atomic mass is 10.2. The normalized spacial score (nSPS) is 11.0. The fraction of sp³-hybridized carbons (Fsp3) is 0. The molecule has 0 fully saturated rings. The molecule has 120 valence electrons. The van der Waals surface area contributed by atoms with E-state index in [0.717, 1.165) is 17.7 Å². The Hall–Kier alpha value is -3.12. The summed E-state index contributed by atoms with van der Waals surface area (Å²) in [5.74, 6) is -1.32. The Morgan fingerprint density at radius 3 is 2.75 bits per heavy atom. The third kappa shape index (κ3) is 3.61. The first-order valence-electron chi connectivity index (χ1n) is 6.90. The van der Waals surface area contributed by atoms with E-state index in [4.69, 9.17) is 21.1 Å². The first-order valence-corrected chi connectivity index (χ1v) is 7.27. The predicted octanol–water partition coefficient (Wildman–Crippen LogP) is 3.73. The van der Waals surface area contributed by atoms with Crippen LogP contribution in [0.1, 0.15) is 0 Å². The monoisotopic (exact) mass is 342 g/mol. The first-order chi connectivity index (χ1) is 11.5. The lowest BCUT2D eigenvalue weighted by Crippen LogP contribution is -2.08. The van der Waals surface area contributed by atoms with Gasteiger partial charge in [-0.05, 0) is 36.4 Å². The minimum atomic E-state index is -1.19. The number of nitrogens with zero attached hydrogens (tertiary/aromatic N) is 1. The van der Waals surface area contributed by atoms with Crippen LogP contribution in [0.15, 0.2) is 59.0 Å². The average Bonchev–Trinajstić information content (AvgIpc) is 2.96. The number of carbonyl (C=O) groups excluding carboxylic acids is 1. The van der Waals surface area contributed by atoms with Crippen molar-refractivity contribution in [1.29, 1.82) is 0 Å². The quantitative estimate of drug-likeness (QED) is 0.705. The van der Waals surface area contributed by atoms with Gasteiger partial charge in [-0.2, -0.15) is 0 Å². The summed E-state index contributed by atoms with van der Waals surface area (Å²) in [7, 11) is 0. The fourth-order valence-corrected chi connectivity index (χ4v) is 2.27. The van der Waals surface area contributed by atoms with Gasteiger partial charge in [0, 0.05) is 28.4 Å². The maximum Gasteiger partial charge on any atom is 0.328 e. The van der Waals surface area contributed by atoms with E-state index in [-0.39, 0.29) is 0 Å². The highest BCUT2D eigenvalue weighted by Gasteiger charge is 2.10. The number of halogens is 1. The van der Waals surface area contributed by atoms with Gasteiger partial charge >= 0.3 is 5.97 Å². The van der Waals surface area contributed by atoms with Crippen LogP contribution in [0.2, 0.25) is 5.02 Å². The van der Waals surface area contributed by atoms with Gasteiger partial charge in [-0.1, -0.05) is 17.7 Å². The number of hydrogen-bond donors (Lipinski definition) is 2. The molecule has 3 rings (SSSR count). The van der Waals surface area contributed by atoms with Crippen LogP contribution >= 0.6 is 11.6 Å². The Morgan fingerprint density at radius 1 is 1.17 bits per heavy atom. The van der Waals surface area contributed by atoms with Crippen molar-refractivity contribution in [2.24, 2.45) is 0 Å². The number of carbonyl (C=O) groups is 2. The molecule has 2 aromatic carbocycles. The minimum absolute atomic E-state index is 0.418. The van der Waals surface area contributed by atoms with E-state index in [0.29, 0.717) is 27.7 Å². The zero-order valence-corrected chi connectivity index (χ0v) is 12.9. The van der Waals surface area contributed by atoms with Gasteiger partial charge in [0.25, 0.3) is 0 Å².